The van der Waals surface area contributed by atoms with Crippen LogP contribution in [0.3, 0.4) is 0 Å². The molecule has 0 aliphatic carbocycles. The Morgan fingerprint density at radius 1 is 1.09 bits per heavy atom. The minimum atomic E-state index is -1.34. The topological polar surface area (TPSA) is 89.0 Å². The van der Waals surface area contributed by atoms with Crippen LogP contribution in [-0.2, 0) is 0 Å². The second-order valence-corrected chi connectivity index (χ2v) is 1.81. The molecule has 11 heavy (non-hydrogen) atoms. The van der Waals surface area contributed by atoms with Crippen LogP contribution >= 0.6 is 0 Å². The lowest BCUT2D eigenvalue weighted by Crippen LogP contribution is -2.34. The van der Waals surface area contributed by atoms with E-state index in [4.69, 9.17) is 5.64 Å². The van der Waals surface area contributed by atoms with Gasteiger partial charge in [0.05, 0.1) is 0 Å². The predicted molar refractivity (Wildman–Crippen MR) is 44.4 cm³/mol. The Morgan fingerprint density at radius 3 is 1.82 bits per heavy atom. The van der Waals surface area contributed by atoms with Crippen molar-refractivity contribution in [3.8, 4) is 0 Å². The normalized spacial score (nSPS) is 7.45. The summed E-state index contributed by atoms with van der Waals surface area (Å²) in [6.45, 7) is 0. The molecule has 3 nitrogen and oxygen atoms in total. The van der Waals surface area contributed by atoms with E-state index in [0.29, 0.717) is 5.46 Å². The Labute approximate surface area is 64.8 Å². The van der Waals surface area contributed by atoms with E-state index in [0.717, 1.165) is 0 Å². The molecule has 5 heteroatoms. The van der Waals surface area contributed by atoms with Gasteiger partial charge in [-0.05, 0) is 5.46 Å². The SMILES string of the molecule is NB(F)c1ccccc1.O.O. The zero-order chi connectivity index (χ0) is 6.69. The lowest BCUT2D eigenvalue weighted by atomic mass is 9.79. The number of rotatable bonds is 1. The van der Waals surface area contributed by atoms with E-state index >= 15 is 0 Å². The molecule has 0 bridgehead atoms. The standard InChI is InChI=1S/C6H7BFN.2H2O/c8-7(9)6-4-2-1-3-5-6;;/h1-5H,9H2;2*1H2. The summed E-state index contributed by atoms with van der Waals surface area (Å²) in [6.07, 6.45) is 0. The summed E-state index contributed by atoms with van der Waals surface area (Å²) in [5.74, 6) is 0. The number of nitrogens with two attached hydrogens (primary N) is 1. The maximum atomic E-state index is 12.2. The molecular weight excluding hydrogens is 148 g/mol. The van der Waals surface area contributed by atoms with Crippen molar-refractivity contribution in [2.75, 3.05) is 0 Å². The smallest absolute Gasteiger partial charge is 0.412 e. The summed E-state index contributed by atoms with van der Waals surface area (Å²) in [6, 6.07) is 8.66. The minimum absolute atomic E-state index is 0. The van der Waals surface area contributed by atoms with Crippen molar-refractivity contribution < 1.29 is 15.3 Å². The van der Waals surface area contributed by atoms with Gasteiger partial charge < -0.3 is 20.9 Å². The van der Waals surface area contributed by atoms with Gasteiger partial charge in [-0.1, -0.05) is 30.3 Å². The summed E-state index contributed by atoms with van der Waals surface area (Å²) in [7, 11) is -1.34. The van der Waals surface area contributed by atoms with Crippen LogP contribution in [0.15, 0.2) is 30.3 Å². The molecular formula is C6H11BFNO2. The Morgan fingerprint density at radius 2 is 1.55 bits per heavy atom. The Bertz CT molecular complexity index is 183. The number of halogens is 1. The van der Waals surface area contributed by atoms with Crippen LogP contribution in [0.1, 0.15) is 0 Å². The molecule has 1 aromatic rings. The molecule has 0 radical (unpaired) electrons. The molecule has 0 atom stereocenters. The highest BCUT2D eigenvalue weighted by Gasteiger charge is 2.07. The lowest BCUT2D eigenvalue weighted by molar-refractivity contribution is 0.823. The highest BCUT2D eigenvalue weighted by molar-refractivity contribution is 6.63. The molecule has 0 fully saturated rings. The second kappa shape index (κ2) is 5.85. The third-order valence-electron chi connectivity index (χ3n) is 1.12. The van der Waals surface area contributed by atoms with Gasteiger partial charge in [-0.2, -0.15) is 0 Å². The summed E-state index contributed by atoms with van der Waals surface area (Å²) in [4.78, 5) is 0. The van der Waals surface area contributed by atoms with Crippen LogP contribution in [0.2, 0.25) is 0 Å². The molecule has 0 unspecified atom stereocenters. The van der Waals surface area contributed by atoms with E-state index in [1.165, 1.54) is 0 Å². The molecule has 6 N–H and O–H groups in total. The average Bonchev–Trinajstić information content (AvgIpc) is 1.90. The van der Waals surface area contributed by atoms with Crippen molar-refractivity contribution in [1.82, 2.24) is 0 Å². The number of benzene rings is 1. The van der Waals surface area contributed by atoms with Crippen LogP contribution in [-0.4, -0.2) is 18.1 Å². The van der Waals surface area contributed by atoms with Gasteiger partial charge >= 0.3 is 7.12 Å². The maximum Gasteiger partial charge on any atom is 0.459 e. The van der Waals surface area contributed by atoms with Crippen LogP contribution in [0, 0.1) is 0 Å². The molecule has 0 aliphatic rings. The van der Waals surface area contributed by atoms with E-state index in [9.17, 15) is 4.32 Å². The van der Waals surface area contributed by atoms with Gasteiger partial charge in [-0.3, -0.25) is 0 Å². The first-order chi connectivity index (χ1) is 4.30. The fourth-order valence-corrected chi connectivity index (χ4v) is 0.637. The highest BCUT2D eigenvalue weighted by atomic mass is 19.1. The first-order valence-electron chi connectivity index (χ1n) is 2.75. The Kier molecular flexibility index (Phi) is 6.77. The molecule has 0 saturated heterocycles. The van der Waals surface area contributed by atoms with E-state index < -0.39 is 7.12 Å². The molecule has 0 amide bonds. The van der Waals surface area contributed by atoms with Gasteiger partial charge in [-0.15, -0.1) is 0 Å². The molecule has 1 rings (SSSR count). The monoisotopic (exact) mass is 159 g/mol. The maximum absolute atomic E-state index is 12.2. The van der Waals surface area contributed by atoms with Crippen LogP contribution < -0.4 is 11.1 Å². The van der Waals surface area contributed by atoms with Crippen molar-refractivity contribution >= 4 is 12.6 Å². The van der Waals surface area contributed by atoms with Crippen LogP contribution in [0.25, 0.3) is 0 Å². The van der Waals surface area contributed by atoms with Crippen molar-refractivity contribution in [3.05, 3.63) is 30.3 Å². The number of hydrogen-bond acceptors (Lipinski definition) is 1. The predicted octanol–water partition coefficient (Wildman–Crippen LogP) is -1.34. The quantitative estimate of drug-likeness (QED) is 0.505. The van der Waals surface area contributed by atoms with E-state index in [1.54, 1.807) is 24.3 Å². The van der Waals surface area contributed by atoms with Gasteiger partial charge in [0.25, 0.3) is 0 Å². The van der Waals surface area contributed by atoms with Crippen molar-refractivity contribution in [3.63, 3.8) is 0 Å². The van der Waals surface area contributed by atoms with Gasteiger partial charge in [-0.25, -0.2) is 0 Å². The minimum Gasteiger partial charge on any atom is -0.412 e. The lowest BCUT2D eigenvalue weighted by Gasteiger charge is -1.93. The largest absolute Gasteiger partial charge is 0.459 e. The van der Waals surface area contributed by atoms with Gasteiger partial charge in [0.2, 0.25) is 0 Å². The fraction of sp³-hybridized carbons (Fsp3) is 0. The van der Waals surface area contributed by atoms with Crippen LogP contribution in [0.5, 0.6) is 0 Å². The van der Waals surface area contributed by atoms with Gasteiger partial charge in [0, 0.05) is 0 Å². The zero-order valence-electron chi connectivity index (χ0n) is 5.92. The summed E-state index contributed by atoms with van der Waals surface area (Å²) in [5, 5.41) is 0. The Hall–Kier alpha value is -0.905. The molecule has 0 aromatic heterocycles. The summed E-state index contributed by atoms with van der Waals surface area (Å²) < 4.78 is 12.2. The average molecular weight is 159 g/mol. The van der Waals surface area contributed by atoms with Gasteiger partial charge in [0.1, 0.15) is 0 Å². The van der Waals surface area contributed by atoms with E-state index in [-0.39, 0.29) is 11.0 Å². The molecule has 62 valence electrons. The highest BCUT2D eigenvalue weighted by Crippen LogP contribution is 1.83. The first-order valence-corrected chi connectivity index (χ1v) is 2.75. The molecule has 0 spiro atoms. The molecule has 1 aromatic carbocycles. The van der Waals surface area contributed by atoms with Crippen molar-refractivity contribution in [2.24, 2.45) is 5.64 Å². The van der Waals surface area contributed by atoms with Crippen molar-refractivity contribution in [2.45, 2.75) is 0 Å². The number of hydrogen-bond donors (Lipinski definition) is 1. The van der Waals surface area contributed by atoms with Crippen LogP contribution in [0.4, 0.5) is 4.32 Å². The third-order valence-corrected chi connectivity index (χ3v) is 1.12. The Balaban J connectivity index is 0. The molecule has 0 heterocycles. The summed E-state index contributed by atoms with van der Waals surface area (Å²) in [5.41, 5.74) is 5.47. The van der Waals surface area contributed by atoms with E-state index in [2.05, 4.69) is 0 Å². The van der Waals surface area contributed by atoms with E-state index in [1.807, 2.05) is 6.07 Å². The second-order valence-electron chi connectivity index (χ2n) is 1.81. The zero-order valence-corrected chi connectivity index (χ0v) is 5.92. The first kappa shape index (κ1) is 12.7. The van der Waals surface area contributed by atoms with Crippen molar-refractivity contribution in [1.29, 1.82) is 0 Å². The molecule has 0 saturated carbocycles. The molecule has 0 aliphatic heterocycles. The summed E-state index contributed by atoms with van der Waals surface area (Å²) >= 11 is 0. The fourth-order valence-electron chi connectivity index (χ4n) is 0.637. The third kappa shape index (κ3) is 3.72. The van der Waals surface area contributed by atoms with Gasteiger partial charge in [0.15, 0.2) is 0 Å².